The van der Waals surface area contributed by atoms with E-state index in [9.17, 15) is 19.5 Å². The molecule has 1 N–H and O–H groups in total. The van der Waals surface area contributed by atoms with Crippen LogP contribution in [0.5, 0.6) is 0 Å². The maximum atomic E-state index is 14.2. The molecule has 10 heteroatoms. The third-order valence-electron chi connectivity index (χ3n) is 8.56. The van der Waals surface area contributed by atoms with E-state index in [1.807, 2.05) is 31.2 Å². The highest BCUT2D eigenvalue weighted by atomic mass is 16.6. The Morgan fingerprint density at radius 3 is 2.57 bits per heavy atom. The number of fused-ring (bicyclic) bond motifs is 2. The number of carbonyl (C=O) groups excluding carboxylic acids is 3. The lowest BCUT2D eigenvalue weighted by Crippen LogP contribution is -2.57. The van der Waals surface area contributed by atoms with Gasteiger partial charge in [0.2, 0.25) is 11.8 Å². The molecule has 5 atom stereocenters. The second-order valence-electron chi connectivity index (χ2n) is 10.6. The van der Waals surface area contributed by atoms with E-state index in [4.69, 9.17) is 14.2 Å². The van der Waals surface area contributed by atoms with E-state index >= 15 is 0 Å². The van der Waals surface area contributed by atoms with Crippen LogP contribution in [0.3, 0.4) is 0 Å². The Morgan fingerprint density at radius 1 is 1.00 bits per heavy atom. The first-order chi connectivity index (χ1) is 18.0. The Bertz CT molecular complexity index is 948. The molecule has 0 bridgehead atoms. The molecule has 204 valence electrons. The van der Waals surface area contributed by atoms with Crippen molar-refractivity contribution in [2.45, 2.75) is 49.9 Å². The van der Waals surface area contributed by atoms with Crippen molar-refractivity contribution in [2.24, 2.45) is 11.8 Å². The van der Waals surface area contributed by atoms with Gasteiger partial charge < -0.3 is 29.1 Å². The fourth-order valence-electron chi connectivity index (χ4n) is 6.69. The zero-order valence-corrected chi connectivity index (χ0v) is 21.7. The molecule has 5 aliphatic rings. The van der Waals surface area contributed by atoms with E-state index in [0.717, 1.165) is 19.5 Å². The molecular formula is C27H39N3O7. The third-order valence-corrected chi connectivity index (χ3v) is 8.56. The number of nitrogens with zero attached hydrogens (tertiary/aromatic N) is 3. The fourth-order valence-corrected chi connectivity index (χ4v) is 6.69. The standard InChI is InChI=1S/C27H39N3O7/c1-2-26-8-4-3-5-17-36-25(34)21(26)20-23(32)30(11-7-16-31)22-24(33)29(10-6-9-27(20,22)37-26)13-12-28-14-18-35-19-15-28/h4,6,8-9,20-22,31H,2-3,5,7,10-19H2,1H3/b8-4-/t20-,21+,22?,26-,27-/m0/s1. The average Bonchev–Trinajstić information content (AvgIpc) is 3.29. The number of rotatable bonds is 7. The molecule has 0 aliphatic carbocycles. The van der Waals surface area contributed by atoms with Crippen LogP contribution >= 0.6 is 0 Å². The van der Waals surface area contributed by atoms with Gasteiger partial charge in [0, 0.05) is 45.9 Å². The Kier molecular flexibility index (Phi) is 7.72. The molecule has 0 radical (unpaired) electrons. The van der Waals surface area contributed by atoms with Crippen LogP contribution in [0.4, 0.5) is 0 Å². The van der Waals surface area contributed by atoms with Crippen molar-refractivity contribution in [3.8, 4) is 0 Å². The molecule has 3 saturated heterocycles. The first-order valence-electron chi connectivity index (χ1n) is 13.7. The number of amides is 2. The van der Waals surface area contributed by atoms with Gasteiger partial charge in [0.05, 0.1) is 25.7 Å². The lowest BCUT2D eigenvalue weighted by Gasteiger charge is -2.38. The molecule has 0 aromatic rings. The summed E-state index contributed by atoms with van der Waals surface area (Å²) in [5, 5.41) is 9.54. The van der Waals surface area contributed by atoms with Crippen molar-refractivity contribution in [3.63, 3.8) is 0 Å². The number of hydrogen-bond acceptors (Lipinski definition) is 8. The molecule has 37 heavy (non-hydrogen) atoms. The lowest BCUT2D eigenvalue weighted by molar-refractivity contribution is -0.161. The Balaban J connectivity index is 1.52. The van der Waals surface area contributed by atoms with Crippen molar-refractivity contribution in [1.29, 1.82) is 0 Å². The smallest absolute Gasteiger partial charge is 0.313 e. The number of aliphatic hydroxyl groups excluding tert-OH is 1. The third kappa shape index (κ3) is 4.51. The fraction of sp³-hybridized carbons (Fsp3) is 0.741. The Morgan fingerprint density at radius 2 is 1.81 bits per heavy atom. The molecular weight excluding hydrogens is 478 g/mol. The average molecular weight is 518 g/mol. The second-order valence-corrected chi connectivity index (χ2v) is 10.6. The number of ether oxygens (including phenoxy) is 3. The van der Waals surface area contributed by atoms with Gasteiger partial charge in [0.1, 0.15) is 23.2 Å². The van der Waals surface area contributed by atoms with Crippen LogP contribution in [0.25, 0.3) is 0 Å². The minimum atomic E-state index is -1.28. The van der Waals surface area contributed by atoms with E-state index < -0.39 is 35.0 Å². The number of esters is 1. The van der Waals surface area contributed by atoms with Crippen LogP contribution in [0.2, 0.25) is 0 Å². The summed E-state index contributed by atoms with van der Waals surface area (Å²) < 4.78 is 18.0. The summed E-state index contributed by atoms with van der Waals surface area (Å²) in [6.07, 6.45) is 9.98. The lowest BCUT2D eigenvalue weighted by atomic mass is 9.73. The molecule has 0 aromatic carbocycles. The monoisotopic (exact) mass is 517 g/mol. The normalized spacial score (nSPS) is 37.2. The quantitative estimate of drug-likeness (QED) is 0.381. The van der Waals surface area contributed by atoms with Crippen molar-refractivity contribution >= 4 is 17.8 Å². The first-order valence-corrected chi connectivity index (χ1v) is 13.7. The highest BCUT2D eigenvalue weighted by molar-refractivity contribution is 5.99. The van der Waals surface area contributed by atoms with Gasteiger partial charge in [0.15, 0.2) is 0 Å². The van der Waals surface area contributed by atoms with Gasteiger partial charge >= 0.3 is 5.97 Å². The SMILES string of the molecule is CC[C@]12/C=C\CCCOC(=O)[C@H]1[C@H]1C(=O)N(CCCO)C3C(=O)N(CCN4CCOCC4)CC=C[C@@]31O2. The van der Waals surface area contributed by atoms with E-state index in [1.165, 1.54) is 0 Å². The number of aliphatic hydroxyl groups is 1. The summed E-state index contributed by atoms with van der Waals surface area (Å²) >= 11 is 0. The van der Waals surface area contributed by atoms with Crippen LogP contribution in [-0.4, -0.2) is 121 Å². The molecule has 1 unspecified atom stereocenters. The minimum Gasteiger partial charge on any atom is -0.465 e. The molecule has 5 rings (SSSR count). The Hall–Kier alpha value is -2.27. The highest BCUT2D eigenvalue weighted by Gasteiger charge is 2.75. The summed E-state index contributed by atoms with van der Waals surface area (Å²) in [6.45, 7) is 7.01. The van der Waals surface area contributed by atoms with Gasteiger partial charge in [-0.15, -0.1) is 0 Å². The molecule has 0 aromatic heterocycles. The second kappa shape index (κ2) is 10.8. The van der Waals surface area contributed by atoms with Crippen molar-refractivity contribution in [2.75, 3.05) is 65.7 Å². The van der Waals surface area contributed by atoms with E-state index in [0.29, 0.717) is 52.1 Å². The van der Waals surface area contributed by atoms with Gasteiger partial charge in [-0.05, 0) is 25.7 Å². The van der Waals surface area contributed by atoms with Gasteiger partial charge in [-0.3, -0.25) is 19.3 Å². The molecule has 5 aliphatic heterocycles. The summed E-state index contributed by atoms with van der Waals surface area (Å²) in [6, 6.07) is -0.903. The predicted molar refractivity (Wildman–Crippen MR) is 133 cm³/mol. The van der Waals surface area contributed by atoms with Gasteiger partial charge in [0.25, 0.3) is 0 Å². The van der Waals surface area contributed by atoms with Crippen molar-refractivity contribution in [1.82, 2.24) is 14.7 Å². The van der Waals surface area contributed by atoms with Gasteiger partial charge in [-0.25, -0.2) is 0 Å². The zero-order valence-electron chi connectivity index (χ0n) is 21.7. The maximum absolute atomic E-state index is 14.2. The summed E-state index contributed by atoms with van der Waals surface area (Å²) in [5.41, 5.74) is -2.31. The van der Waals surface area contributed by atoms with Crippen molar-refractivity contribution < 1.29 is 33.7 Å². The number of allylic oxidation sites excluding steroid dienone is 1. The van der Waals surface area contributed by atoms with Crippen LogP contribution in [0.1, 0.15) is 32.6 Å². The van der Waals surface area contributed by atoms with E-state index in [-0.39, 0.29) is 31.6 Å². The molecule has 3 fully saturated rings. The largest absolute Gasteiger partial charge is 0.465 e. The number of likely N-dealkylation sites (tertiary alicyclic amines) is 1. The highest BCUT2D eigenvalue weighted by Crippen LogP contribution is 2.58. The van der Waals surface area contributed by atoms with E-state index in [1.54, 1.807) is 9.80 Å². The summed E-state index contributed by atoms with van der Waals surface area (Å²) in [4.78, 5) is 47.4. The molecule has 1 spiro atoms. The number of carbonyl (C=O) groups is 3. The number of morpholine rings is 1. The number of cyclic esters (lactones) is 1. The van der Waals surface area contributed by atoms with Gasteiger partial charge in [-0.2, -0.15) is 0 Å². The van der Waals surface area contributed by atoms with Gasteiger partial charge in [-0.1, -0.05) is 31.2 Å². The van der Waals surface area contributed by atoms with Crippen LogP contribution in [0.15, 0.2) is 24.3 Å². The van der Waals surface area contributed by atoms with E-state index in [2.05, 4.69) is 4.90 Å². The molecule has 2 amide bonds. The first kappa shape index (κ1) is 26.3. The zero-order chi connectivity index (χ0) is 26.0. The Labute approximate surface area is 218 Å². The topological polar surface area (TPSA) is 109 Å². The maximum Gasteiger partial charge on any atom is 0.313 e. The predicted octanol–water partition coefficient (Wildman–Crippen LogP) is 0.354. The summed E-state index contributed by atoms with van der Waals surface area (Å²) in [5.74, 6) is -2.62. The van der Waals surface area contributed by atoms with Crippen molar-refractivity contribution in [3.05, 3.63) is 24.3 Å². The number of hydrogen-bond donors (Lipinski definition) is 1. The molecule has 5 heterocycles. The molecule has 10 nitrogen and oxygen atoms in total. The van der Waals surface area contributed by atoms with Crippen LogP contribution in [0, 0.1) is 11.8 Å². The van der Waals surface area contributed by atoms with Crippen LogP contribution < -0.4 is 0 Å². The minimum absolute atomic E-state index is 0.104. The summed E-state index contributed by atoms with van der Waals surface area (Å²) in [7, 11) is 0. The van der Waals surface area contributed by atoms with Crippen LogP contribution in [-0.2, 0) is 28.6 Å². The molecule has 0 saturated carbocycles.